The molecule has 4 heteroatoms. The summed E-state index contributed by atoms with van der Waals surface area (Å²) in [5.41, 5.74) is 1.14. The minimum absolute atomic E-state index is 0.0551. The number of carbonyl (C=O) groups excluding carboxylic acids is 1. The maximum Gasteiger partial charge on any atom is 0.212 e. The molecule has 0 aliphatic heterocycles. The van der Waals surface area contributed by atoms with Gasteiger partial charge in [0.25, 0.3) is 0 Å². The SMILES string of the molecule is O=C(c1ccncn1)c1cccc2ccsc12. The molecule has 1 aromatic carbocycles. The van der Waals surface area contributed by atoms with E-state index in [1.165, 1.54) is 6.33 Å². The Balaban J connectivity index is 2.16. The van der Waals surface area contributed by atoms with E-state index in [0.717, 1.165) is 10.1 Å². The number of ketones is 1. The van der Waals surface area contributed by atoms with Crippen LogP contribution in [0.1, 0.15) is 16.1 Å². The lowest BCUT2D eigenvalue weighted by molar-refractivity contribution is 0.103. The molecule has 0 spiro atoms. The van der Waals surface area contributed by atoms with E-state index in [4.69, 9.17) is 0 Å². The van der Waals surface area contributed by atoms with Crippen LogP contribution in [0.25, 0.3) is 10.1 Å². The maximum absolute atomic E-state index is 12.3. The van der Waals surface area contributed by atoms with Crippen molar-refractivity contribution < 1.29 is 4.79 Å². The third-order valence-corrected chi connectivity index (χ3v) is 3.50. The van der Waals surface area contributed by atoms with Crippen LogP contribution in [0.15, 0.2) is 48.2 Å². The monoisotopic (exact) mass is 240 g/mol. The Morgan fingerprint density at radius 1 is 1.18 bits per heavy atom. The number of rotatable bonds is 2. The second-order valence-electron chi connectivity index (χ2n) is 3.57. The zero-order valence-electron chi connectivity index (χ0n) is 8.83. The molecule has 0 radical (unpaired) electrons. The summed E-state index contributed by atoms with van der Waals surface area (Å²) >= 11 is 1.57. The van der Waals surface area contributed by atoms with Crippen molar-refractivity contribution in [2.45, 2.75) is 0 Å². The fourth-order valence-electron chi connectivity index (χ4n) is 1.73. The van der Waals surface area contributed by atoms with Crippen molar-refractivity contribution in [1.82, 2.24) is 9.97 Å². The Bertz CT molecular complexity index is 676. The number of benzene rings is 1. The van der Waals surface area contributed by atoms with Crippen molar-refractivity contribution in [3.05, 3.63) is 59.5 Å². The molecule has 2 heterocycles. The van der Waals surface area contributed by atoms with Crippen LogP contribution in [0.2, 0.25) is 0 Å². The van der Waals surface area contributed by atoms with Gasteiger partial charge in [-0.05, 0) is 29.0 Å². The van der Waals surface area contributed by atoms with E-state index in [9.17, 15) is 4.79 Å². The van der Waals surface area contributed by atoms with Crippen LogP contribution in [0, 0.1) is 0 Å². The highest BCUT2D eigenvalue weighted by Crippen LogP contribution is 2.26. The molecule has 0 fully saturated rings. The van der Waals surface area contributed by atoms with Crippen molar-refractivity contribution in [2.75, 3.05) is 0 Å². The molecule has 17 heavy (non-hydrogen) atoms. The molecule has 3 rings (SSSR count). The van der Waals surface area contributed by atoms with Crippen LogP contribution in [0.4, 0.5) is 0 Å². The Hall–Kier alpha value is -2.07. The molecule has 0 bridgehead atoms. The third kappa shape index (κ3) is 1.72. The molecule has 0 aliphatic rings. The van der Waals surface area contributed by atoms with E-state index in [-0.39, 0.29) is 5.78 Å². The van der Waals surface area contributed by atoms with Crippen LogP contribution in [0.5, 0.6) is 0 Å². The molecule has 0 unspecified atom stereocenters. The predicted molar refractivity (Wildman–Crippen MR) is 67.3 cm³/mol. The molecular weight excluding hydrogens is 232 g/mol. The van der Waals surface area contributed by atoms with Gasteiger partial charge < -0.3 is 0 Å². The Kier molecular flexibility index (Phi) is 2.42. The van der Waals surface area contributed by atoms with Crippen molar-refractivity contribution >= 4 is 27.2 Å². The fraction of sp³-hybridized carbons (Fsp3) is 0. The Morgan fingerprint density at radius 3 is 2.94 bits per heavy atom. The molecular formula is C13H8N2OS. The lowest BCUT2D eigenvalue weighted by atomic mass is 10.1. The zero-order chi connectivity index (χ0) is 11.7. The van der Waals surface area contributed by atoms with Gasteiger partial charge in [0.1, 0.15) is 12.0 Å². The van der Waals surface area contributed by atoms with E-state index in [0.29, 0.717) is 11.3 Å². The van der Waals surface area contributed by atoms with Crippen LogP contribution in [0.3, 0.4) is 0 Å². The van der Waals surface area contributed by atoms with Crippen LogP contribution in [-0.4, -0.2) is 15.8 Å². The number of carbonyl (C=O) groups is 1. The van der Waals surface area contributed by atoms with Crippen molar-refractivity contribution in [3.63, 3.8) is 0 Å². The van der Waals surface area contributed by atoms with Gasteiger partial charge in [0.2, 0.25) is 5.78 Å². The molecule has 82 valence electrons. The summed E-state index contributed by atoms with van der Waals surface area (Å²) in [5.74, 6) is -0.0551. The Morgan fingerprint density at radius 2 is 2.12 bits per heavy atom. The molecule has 3 aromatic rings. The molecule has 0 saturated carbocycles. The van der Waals surface area contributed by atoms with E-state index in [2.05, 4.69) is 9.97 Å². The first-order valence-electron chi connectivity index (χ1n) is 5.13. The average molecular weight is 240 g/mol. The second kappa shape index (κ2) is 4.07. The van der Waals surface area contributed by atoms with Crippen LogP contribution >= 0.6 is 11.3 Å². The molecule has 3 nitrogen and oxygen atoms in total. The number of hydrogen-bond donors (Lipinski definition) is 0. The number of fused-ring (bicyclic) bond motifs is 1. The Labute approximate surface area is 102 Å². The predicted octanol–water partition coefficient (Wildman–Crippen LogP) is 2.92. The van der Waals surface area contributed by atoms with Gasteiger partial charge in [-0.15, -0.1) is 11.3 Å². The van der Waals surface area contributed by atoms with Crippen LogP contribution < -0.4 is 0 Å². The van der Waals surface area contributed by atoms with E-state index >= 15 is 0 Å². The first-order chi connectivity index (χ1) is 8.36. The zero-order valence-corrected chi connectivity index (χ0v) is 9.65. The fourth-order valence-corrected chi connectivity index (χ4v) is 2.65. The summed E-state index contributed by atoms with van der Waals surface area (Å²) in [6.07, 6.45) is 2.97. The largest absolute Gasteiger partial charge is 0.287 e. The van der Waals surface area contributed by atoms with Gasteiger partial charge in [-0.25, -0.2) is 9.97 Å². The van der Waals surface area contributed by atoms with Gasteiger partial charge in [0.15, 0.2) is 0 Å². The van der Waals surface area contributed by atoms with Crippen molar-refractivity contribution in [2.24, 2.45) is 0 Å². The minimum Gasteiger partial charge on any atom is -0.287 e. The standard InChI is InChI=1S/C13H8N2OS/c16-12(11-4-6-14-8-15-11)10-3-1-2-9-5-7-17-13(9)10/h1-8H. The average Bonchev–Trinajstić information content (AvgIpc) is 2.87. The van der Waals surface area contributed by atoms with Gasteiger partial charge in [0, 0.05) is 16.5 Å². The van der Waals surface area contributed by atoms with Gasteiger partial charge in [0.05, 0.1) is 0 Å². The second-order valence-corrected chi connectivity index (χ2v) is 4.48. The number of hydrogen-bond acceptors (Lipinski definition) is 4. The summed E-state index contributed by atoms with van der Waals surface area (Å²) in [6.45, 7) is 0. The molecule has 0 N–H and O–H groups in total. The molecule has 0 saturated heterocycles. The van der Waals surface area contributed by atoms with Gasteiger partial charge in [-0.2, -0.15) is 0 Å². The maximum atomic E-state index is 12.3. The van der Waals surface area contributed by atoms with Gasteiger partial charge in [-0.3, -0.25) is 4.79 Å². The summed E-state index contributed by atoms with van der Waals surface area (Å²) in [4.78, 5) is 20.1. The number of thiophene rings is 1. The van der Waals surface area contributed by atoms with E-state index < -0.39 is 0 Å². The highest BCUT2D eigenvalue weighted by molar-refractivity contribution is 7.17. The van der Waals surface area contributed by atoms with E-state index in [1.807, 2.05) is 29.6 Å². The molecule has 0 aliphatic carbocycles. The summed E-state index contributed by atoms with van der Waals surface area (Å²) in [7, 11) is 0. The van der Waals surface area contributed by atoms with E-state index in [1.54, 1.807) is 23.6 Å². The van der Waals surface area contributed by atoms with Gasteiger partial charge >= 0.3 is 0 Å². The van der Waals surface area contributed by atoms with Crippen molar-refractivity contribution in [1.29, 1.82) is 0 Å². The minimum atomic E-state index is -0.0551. The number of aromatic nitrogens is 2. The van der Waals surface area contributed by atoms with Crippen molar-refractivity contribution in [3.8, 4) is 0 Å². The summed E-state index contributed by atoms with van der Waals surface area (Å²) in [5, 5.41) is 3.08. The normalized spacial score (nSPS) is 10.6. The molecule has 0 atom stereocenters. The highest BCUT2D eigenvalue weighted by Gasteiger charge is 2.13. The molecule has 2 aromatic heterocycles. The summed E-state index contributed by atoms with van der Waals surface area (Å²) in [6, 6.07) is 9.38. The molecule has 0 amide bonds. The quantitative estimate of drug-likeness (QED) is 0.647. The lowest BCUT2D eigenvalue weighted by Gasteiger charge is -2.01. The lowest BCUT2D eigenvalue weighted by Crippen LogP contribution is -2.03. The van der Waals surface area contributed by atoms with Crippen LogP contribution in [-0.2, 0) is 0 Å². The topological polar surface area (TPSA) is 42.9 Å². The third-order valence-electron chi connectivity index (χ3n) is 2.54. The first-order valence-corrected chi connectivity index (χ1v) is 6.01. The summed E-state index contributed by atoms with van der Waals surface area (Å²) < 4.78 is 1.01. The first kappa shape index (κ1) is 10.1. The highest BCUT2D eigenvalue weighted by atomic mass is 32.1. The van der Waals surface area contributed by atoms with Gasteiger partial charge in [-0.1, -0.05) is 12.1 Å². The smallest absolute Gasteiger partial charge is 0.212 e. The number of nitrogens with zero attached hydrogens (tertiary/aromatic N) is 2.